The van der Waals surface area contributed by atoms with Crippen molar-refractivity contribution in [2.24, 2.45) is 0 Å². The number of carbonyl (C=O) groups is 2. The number of carbonyl (C=O) groups excluding carboxylic acids is 2. The molecule has 1 N–H and O–H groups in total. The lowest BCUT2D eigenvalue weighted by molar-refractivity contribution is -0.132. The molecule has 0 heterocycles. The van der Waals surface area contributed by atoms with Crippen LogP contribution in [0.25, 0.3) is 0 Å². The maximum absolute atomic E-state index is 12.7. The van der Waals surface area contributed by atoms with Crippen molar-refractivity contribution in [3.05, 3.63) is 71.8 Å². The zero-order valence-corrected chi connectivity index (χ0v) is 14.4. The quantitative estimate of drug-likeness (QED) is 0.884. The van der Waals surface area contributed by atoms with Crippen LogP contribution in [-0.2, 0) is 9.59 Å². The van der Waals surface area contributed by atoms with E-state index in [-0.39, 0.29) is 30.3 Å². The van der Waals surface area contributed by atoms with Crippen LogP contribution in [0.2, 0.25) is 0 Å². The van der Waals surface area contributed by atoms with Gasteiger partial charge in [-0.1, -0.05) is 60.7 Å². The van der Waals surface area contributed by atoms with Crippen LogP contribution in [0.5, 0.6) is 0 Å². The van der Waals surface area contributed by atoms with Crippen molar-refractivity contribution in [2.45, 2.75) is 32.4 Å². The van der Waals surface area contributed by atoms with Crippen molar-refractivity contribution in [3.8, 4) is 0 Å². The second-order valence-electron chi connectivity index (χ2n) is 5.96. The zero-order valence-electron chi connectivity index (χ0n) is 14.4. The first-order valence-electron chi connectivity index (χ1n) is 8.11. The molecular weight excluding hydrogens is 300 g/mol. The van der Waals surface area contributed by atoms with Crippen LogP contribution in [0.15, 0.2) is 60.7 Å². The first-order chi connectivity index (χ1) is 11.5. The van der Waals surface area contributed by atoms with Gasteiger partial charge in [-0.05, 0) is 18.1 Å². The fraction of sp³-hybridized carbons (Fsp3) is 0.300. The van der Waals surface area contributed by atoms with Gasteiger partial charge in [0.2, 0.25) is 11.8 Å². The van der Waals surface area contributed by atoms with Crippen LogP contribution >= 0.6 is 0 Å². The Balaban J connectivity index is 2.10. The highest BCUT2D eigenvalue weighted by atomic mass is 16.2. The van der Waals surface area contributed by atoms with E-state index in [1.54, 1.807) is 11.9 Å². The Morgan fingerprint density at radius 2 is 1.46 bits per heavy atom. The minimum absolute atomic E-state index is 0.00560. The highest BCUT2D eigenvalue weighted by Gasteiger charge is 2.22. The number of nitrogens with one attached hydrogen (secondary N) is 1. The molecule has 4 nitrogen and oxygen atoms in total. The van der Waals surface area contributed by atoms with Crippen molar-refractivity contribution in [1.29, 1.82) is 0 Å². The Kier molecular flexibility index (Phi) is 6.13. The van der Waals surface area contributed by atoms with Crippen molar-refractivity contribution in [1.82, 2.24) is 10.2 Å². The summed E-state index contributed by atoms with van der Waals surface area (Å²) < 4.78 is 0. The van der Waals surface area contributed by atoms with Gasteiger partial charge in [0.05, 0.1) is 18.5 Å². The fourth-order valence-corrected chi connectivity index (χ4v) is 2.67. The normalized spacial score (nSPS) is 13.0. The summed E-state index contributed by atoms with van der Waals surface area (Å²) in [4.78, 5) is 25.9. The average molecular weight is 324 g/mol. The Morgan fingerprint density at radius 3 is 1.96 bits per heavy atom. The molecular formula is C20H24N2O2. The molecule has 0 spiro atoms. The summed E-state index contributed by atoms with van der Waals surface area (Å²) in [6, 6.07) is 19.2. The molecule has 2 atom stereocenters. The highest BCUT2D eigenvalue weighted by molar-refractivity contribution is 5.79. The lowest BCUT2D eigenvalue weighted by Crippen LogP contribution is -2.35. The Labute approximate surface area is 143 Å². The number of amides is 2. The molecule has 2 rings (SSSR count). The monoisotopic (exact) mass is 324 g/mol. The molecule has 0 saturated carbocycles. The van der Waals surface area contributed by atoms with E-state index in [1.807, 2.05) is 67.6 Å². The van der Waals surface area contributed by atoms with Crippen molar-refractivity contribution in [2.75, 3.05) is 7.05 Å². The van der Waals surface area contributed by atoms with Crippen molar-refractivity contribution in [3.63, 3.8) is 0 Å². The highest BCUT2D eigenvalue weighted by Crippen LogP contribution is 2.23. The molecule has 2 unspecified atom stereocenters. The van der Waals surface area contributed by atoms with Gasteiger partial charge in [0.25, 0.3) is 0 Å². The number of nitrogens with zero attached hydrogens (tertiary/aromatic N) is 1. The largest absolute Gasteiger partial charge is 0.349 e. The van der Waals surface area contributed by atoms with Gasteiger partial charge in [-0.15, -0.1) is 0 Å². The number of benzene rings is 2. The van der Waals surface area contributed by atoms with Crippen LogP contribution < -0.4 is 5.32 Å². The number of hydrogen-bond donors (Lipinski definition) is 1. The zero-order chi connectivity index (χ0) is 17.5. The van der Waals surface area contributed by atoms with Crippen molar-refractivity contribution >= 4 is 11.8 Å². The second-order valence-corrected chi connectivity index (χ2v) is 5.96. The van der Waals surface area contributed by atoms with E-state index < -0.39 is 0 Å². The summed E-state index contributed by atoms with van der Waals surface area (Å²) in [5.41, 5.74) is 2.02. The van der Waals surface area contributed by atoms with E-state index in [0.29, 0.717) is 0 Å². The molecule has 0 aliphatic carbocycles. The van der Waals surface area contributed by atoms with Crippen LogP contribution in [0.4, 0.5) is 0 Å². The molecule has 2 amide bonds. The third-order valence-corrected chi connectivity index (χ3v) is 4.21. The first kappa shape index (κ1) is 17.7. The van der Waals surface area contributed by atoms with Gasteiger partial charge >= 0.3 is 0 Å². The van der Waals surface area contributed by atoms with Gasteiger partial charge in [0.15, 0.2) is 0 Å². The second kappa shape index (κ2) is 8.29. The molecule has 0 aliphatic rings. The molecule has 0 saturated heterocycles. The van der Waals surface area contributed by atoms with Gasteiger partial charge in [0.1, 0.15) is 0 Å². The van der Waals surface area contributed by atoms with Gasteiger partial charge in [-0.3, -0.25) is 9.59 Å². The molecule has 126 valence electrons. The molecule has 0 bridgehead atoms. The summed E-state index contributed by atoms with van der Waals surface area (Å²) in [7, 11) is 1.80. The standard InChI is InChI=1S/C20H24N2O2/c1-15(17-10-6-4-7-11-17)22(3)20(24)14-19(21-16(2)23)18-12-8-5-9-13-18/h4-13,15,19H,14H2,1-3H3,(H,21,23). The third kappa shape index (κ3) is 4.69. The Morgan fingerprint density at radius 1 is 0.958 bits per heavy atom. The SMILES string of the molecule is CC(=O)NC(CC(=O)N(C)C(C)c1ccccc1)c1ccccc1. The molecule has 2 aromatic rings. The molecule has 2 aromatic carbocycles. The van der Waals surface area contributed by atoms with E-state index in [4.69, 9.17) is 0 Å². The summed E-state index contributed by atoms with van der Waals surface area (Å²) in [5.74, 6) is -0.149. The van der Waals surface area contributed by atoms with Crippen LogP contribution in [-0.4, -0.2) is 23.8 Å². The molecule has 0 aliphatic heterocycles. The van der Waals surface area contributed by atoms with E-state index in [1.165, 1.54) is 6.92 Å². The summed E-state index contributed by atoms with van der Waals surface area (Å²) in [6.07, 6.45) is 0.233. The predicted molar refractivity (Wildman–Crippen MR) is 95.2 cm³/mol. The Hall–Kier alpha value is -2.62. The first-order valence-corrected chi connectivity index (χ1v) is 8.11. The number of hydrogen-bond acceptors (Lipinski definition) is 2. The van der Waals surface area contributed by atoms with E-state index in [0.717, 1.165) is 11.1 Å². The summed E-state index contributed by atoms with van der Waals surface area (Å²) in [5, 5.41) is 2.87. The average Bonchev–Trinajstić information content (AvgIpc) is 2.61. The molecule has 0 fully saturated rings. The van der Waals surface area contributed by atoms with E-state index in [9.17, 15) is 9.59 Å². The minimum Gasteiger partial charge on any atom is -0.349 e. The van der Waals surface area contributed by atoms with Gasteiger partial charge in [-0.25, -0.2) is 0 Å². The molecule has 0 radical (unpaired) electrons. The van der Waals surface area contributed by atoms with Crippen molar-refractivity contribution < 1.29 is 9.59 Å². The van der Waals surface area contributed by atoms with Gasteiger partial charge < -0.3 is 10.2 Å². The smallest absolute Gasteiger partial charge is 0.225 e. The summed E-state index contributed by atoms with van der Waals surface area (Å²) in [6.45, 7) is 3.47. The Bertz CT molecular complexity index is 671. The summed E-state index contributed by atoms with van der Waals surface area (Å²) >= 11 is 0. The molecule has 4 heteroatoms. The lowest BCUT2D eigenvalue weighted by atomic mass is 10.0. The van der Waals surface area contributed by atoms with E-state index >= 15 is 0 Å². The van der Waals surface area contributed by atoms with Crippen LogP contribution in [0, 0.1) is 0 Å². The topological polar surface area (TPSA) is 49.4 Å². The third-order valence-electron chi connectivity index (χ3n) is 4.21. The fourth-order valence-electron chi connectivity index (χ4n) is 2.67. The maximum atomic E-state index is 12.7. The van der Waals surface area contributed by atoms with E-state index in [2.05, 4.69) is 5.32 Å². The van der Waals surface area contributed by atoms with Gasteiger partial charge in [-0.2, -0.15) is 0 Å². The van der Waals surface area contributed by atoms with Crippen LogP contribution in [0.1, 0.15) is 43.5 Å². The predicted octanol–water partition coefficient (Wildman–Crippen LogP) is 3.47. The lowest BCUT2D eigenvalue weighted by Gasteiger charge is -2.28. The van der Waals surface area contributed by atoms with Crippen LogP contribution in [0.3, 0.4) is 0 Å². The molecule has 24 heavy (non-hydrogen) atoms. The number of rotatable bonds is 6. The van der Waals surface area contributed by atoms with Gasteiger partial charge in [0, 0.05) is 14.0 Å². The minimum atomic E-state index is -0.318. The molecule has 0 aromatic heterocycles. The maximum Gasteiger partial charge on any atom is 0.225 e.